The third-order valence-corrected chi connectivity index (χ3v) is 4.00. The van der Waals surface area contributed by atoms with E-state index < -0.39 is 0 Å². The van der Waals surface area contributed by atoms with E-state index in [2.05, 4.69) is 10.1 Å². The van der Waals surface area contributed by atoms with Gasteiger partial charge in [0.15, 0.2) is 5.82 Å². The molecule has 5 heteroatoms. The number of benzene rings is 3. The molecule has 0 saturated carbocycles. The fourth-order valence-electron chi connectivity index (χ4n) is 2.69. The lowest BCUT2D eigenvalue weighted by atomic mass is 10.2. The summed E-state index contributed by atoms with van der Waals surface area (Å²) in [6, 6.07) is 23.3. The average molecular weight is 341 g/mol. The summed E-state index contributed by atoms with van der Waals surface area (Å²) in [7, 11) is 0. The number of aromatic hydroxyl groups is 1. The topological polar surface area (TPSA) is 67.5 Å². The Morgan fingerprint density at radius 1 is 0.885 bits per heavy atom. The van der Waals surface area contributed by atoms with Crippen LogP contribution in [0.5, 0.6) is 5.75 Å². The number of para-hydroxylation sites is 1. The van der Waals surface area contributed by atoms with Crippen molar-refractivity contribution in [3.05, 3.63) is 94.8 Å². The van der Waals surface area contributed by atoms with E-state index in [0.717, 1.165) is 11.1 Å². The highest BCUT2D eigenvalue weighted by atomic mass is 16.3. The molecule has 0 atom stereocenters. The fraction of sp³-hybridized carbons (Fsp3) is 0. The molecular weight excluding hydrogens is 326 g/mol. The number of phenolic OH excluding ortho intramolecular Hbond substituents is 1. The van der Waals surface area contributed by atoms with Crippen LogP contribution >= 0.6 is 0 Å². The summed E-state index contributed by atoms with van der Waals surface area (Å²) in [5.74, 6) is 0.654. The maximum Gasteiger partial charge on any atom is 0.282 e. The summed E-state index contributed by atoms with van der Waals surface area (Å²) in [5.41, 5.74) is 1.97. The molecular formula is C21H15N3O2. The van der Waals surface area contributed by atoms with Gasteiger partial charge in [0.1, 0.15) is 5.75 Å². The summed E-state index contributed by atoms with van der Waals surface area (Å²) >= 11 is 0. The van der Waals surface area contributed by atoms with Crippen LogP contribution in [0.1, 0.15) is 5.56 Å². The third kappa shape index (κ3) is 2.98. The maximum absolute atomic E-state index is 13.0. The Labute approximate surface area is 149 Å². The van der Waals surface area contributed by atoms with Crippen molar-refractivity contribution in [2.45, 2.75) is 0 Å². The molecule has 4 rings (SSSR count). The monoisotopic (exact) mass is 341 g/mol. The van der Waals surface area contributed by atoms with Crippen molar-refractivity contribution in [3.63, 3.8) is 0 Å². The number of hydrogen-bond acceptors (Lipinski definition) is 4. The van der Waals surface area contributed by atoms with Crippen LogP contribution in [0.4, 0.5) is 0 Å². The van der Waals surface area contributed by atoms with E-state index in [1.54, 1.807) is 36.5 Å². The van der Waals surface area contributed by atoms with E-state index in [1.165, 1.54) is 4.68 Å². The molecule has 3 aromatic carbocycles. The lowest BCUT2D eigenvalue weighted by molar-refractivity contribution is 0.475. The first-order chi connectivity index (χ1) is 12.7. The minimum Gasteiger partial charge on any atom is -0.508 e. The maximum atomic E-state index is 13.0. The van der Waals surface area contributed by atoms with Crippen molar-refractivity contribution >= 4 is 17.1 Å². The lowest BCUT2D eigenvalue weighted by Crippen LogP contribution is -2.20. The number of aromatic nitrogens is 2. The minimum absolute atomic E-state index is 0.177. The molecule has 1 N–H and O–H groups in total. The Morgan fingerprint density at radius 3 is 2.35 bits per heavy atom. The van der Waals surface area contributed by atoms with E-state index in [1.807, 2.05) is 48.5 Å². The van der Waals surface area contributed by atoms with Gasteiger partial charge in [-0.2, -0.15) is 9.78 Å². The first-order valence-corrected chi connectivity index (χ1v) is 8.13. The van der Waals surface area contributed by atoms with E-state index in [0.29, 0.717) is 16.7 Å². The predicted molar refractivity (Wildman–Crippen MR) is 103 cm³/mol. The second-order valence-corrected chi connectivity index (χ2v) is 5.77. The standard InChI is InChI=1S/C21H15N3O2/c25-17-12-10-15(11-13-17)14-22-24-20(16-6-2-1-3-7-16)23-19-9-5-4-8-18(19)21(24)26/h1-14,25H/b22-14+. The summed E-state index contributed by atoms with van der Waals surface area (Å²) in [6.07, 6.45) is 1.57. The van der Waals surface area contributed by atoms with Crippen LogP contribution in [0.3, 0.4) is 0 Å². The molecule has 126 valence electrons. The molecule has 5 nitrogen and oxygen atoms in total. The van der Waals surface area contributed by atoms with Crippen molar-refractivity contribution in [2.24, 2.45) is 5.10 Å². The molecule has 1 heterocycles. The molecule has 0 spiro atoms. The van der Waals surface area contributed by atoms with Gasteiger partial charge in [0.05, 0.1) is 17.1 Å². The number of rotatable bonds is 3. The summed E-state index contributed by atoms with van der Waals surface area (Å²) in [4.78, 5) is 17.6. The smallest absolute Gasteiger partial charge is 0.282 e. The zero-order valence-electron chi connectivity index (χ0n) is 13.8. The largest absolute Gasteiger partial charge is 0.508 e. The van der Waals surface area contributed by atoms with Gasteiger partial charge >= 0.3 is 0 Å². The highest BCUT2D eigenvalue weighted by molar-refractivity contribution is 5.82. The lowest BCUT2D eigenvalue weighted by Gasteiger charge is -2.09. The first kappa shape index (κ1) is 15.8. The number of phenols is 1. The van der Waals surface area contributed by atoms with Gasteiger partial charge < -0.3 is 5.11 Å². The molecule has 0 saturated heterocycles. The predicted octanol–water partition coefficient (Wildman–Crippen LogP) is 3.65. The van der Waals surface area contributed by atoms with Gasteiger partial charge in [-0.1, -0.05) is 42.5 Å². The highest BCUT2D eigenvalue weighted by Gasteiger charge is 2.11. The second kappa shape index (κ2) is 6.64. The fourth-order valence-corrected chi connectivity index (χ4v) is 2.69. The molecule has 4 aromatic rings. The van der Waals surface area contributed by atoms with Crippen LogP contribution in [-0.2, 0) is 0 Å². The van der Waals surface area contributed by atoms with Gasteiger partial charge in [-0.25, -0.2) is 4.98 Å². The molecule has 0 aliphatic rings. The second-order valence-electron chi connectivity index (χ2n) is 5.77. The van der Waals surface area contributed by atoms with E-state index in [9.17, 15) is 9.90 Å². The van der Waals surface area contributed by atoms with Crippen LogP contribution in [0.2, 0.25) is 0 Å². The molecule has 0 radical (unpaired) electrons. The highest BCUT2D eigenvalue weighted by Crippen LogP contribution is 2.18. The Balaban J connectivity index is 1.92. The van der Waals surface area contributed by atoms with Crippen molar-refractivity contribution in [3.8, 4) is 17.1 Å². The molecule has 0 fully saturated rings. The van der Waals surface area contributed by atoms with Gasteiger partial charge in [0.25, 0.3) is 5.56 Å². The summed E-state index contributed by atoms with van der Waals surface area (Å²) < 4.78 is 1.31. The average Bonchev–Trinajstić information content (AvgIpc) is 2.69. The Hall–Kier alpha value is -3.73. The molecule has 26 heavy (non-hydrogen) atoms. The van der Waals surface area contributed by atoms with Crippen molar-refractivity contribution in [1.29, 1.82) is 0 Å². The van der Waals surface area contributed by atoms with E-state index in [-0.39, 0.29) is 11.3 Å². The molecule has 0 aliphatic carbocycles. The zero-order chi connectivity index (χ0) is 17.9. The minimum atomic E-state index is -0.232. The van der Waals surface area contributed by atoms with Crippen molar-refractivity contribution < 1.29 is 5.11 Å². The first-order valence-electron chi connectivity index (χ1n) is 8.13. The van der Waals surface area contributed by atoms with E-state index >= 15 is 0 Å². The van der Waals surface area contributed by atoms with Gasteiger partial charge in [0.2, 0.25) is 0 Å². The van der Waals surface area contributed by atoms with Crippen molar-refractivity contribution in [1.82, 2.24) is 9.66 Å². The Kier molecular flexibility index (Phi) is 4.03. The van der Waals surface area contributed by atoms with E-state index in [4.69, 9.17) is 0 Å². The number of nitrogens with zero attached hydrogens (tertiary/aromatic N) is 3. The van der Waals surface area contributed by atoms with Crippen LogP contribution < -0.4 is 5.56 Å². The number of fused-ring (bicyclic) bond motifs is 1. The number of hydrogen-bond donors (Lipinski definition) is 1. The Morgan fingerprint density at radius 2 is 1.58 bits per heavy atom. The quantitative estimate of drug-likeness (QED) is 0.578. The molecule has 0 amide bonds. The van der Waals surface area contributed by atoms with Gasteiger partial charge in [-0.05, 0) is 42.0 Å². The molecule has 0 aliphatic heterocycles. The van der Waals surface area contributed by atoms with Gasteiger partial charge in [0, 0.05) is 5.56 Å². The van der Waals surface area contributed by atoms with Crippen LogP contribution in [0.15, 0.2) is 88.8 Å². The van der Waals surface area contributed by atoms with Crippen molar-refractivity contribution in [2.75, 3.05) is 0 Å². The molecule has 1 aromatic heterocycles. The van der Waals surface area contributed by atoms with Crippen LogP contribution in [0.25, 0.3) is 22.3 Å². The summed E-state index contributed by atoms with van der Waals surface area (Å²) in [5, 5.41) is 14.3. The van der Waals surface area contributed by atoms with Gasteiger partial charge in [-0.3, -0.25) is 4.79 Å². The van der Waals surface area contributed by atoms with Crippen LogP contribution in [0, 0.1) is 0 Å². The zero-order valence-corrected chi connectivity index (χ0v) is 13.8. The summed E-state index contributed by atoms with van der Waals surface area (Å²) in [6.45, 7) is 0. The van der Waals surface area contributed by atoms with Gasteiger partial charge in [-0.15, -0.1) is 0 Å². The molecule has 0 unspecified atom stereocenters. The Bertz CT molecular complexity index is 1150. The van der Waals surface area contributed by atoms with Crippen LogP contribution in [-0.4, -0.2) is 21.0 Å². The normalized spacial score (nSPS) is 11.2. The molecule has 0 bridgehead atoms. The SMILES string of the molecule is O=c1c2ccccc2nc(-c2ccccc2)n1/N=C/c1ccc(O)cc1. The third-order valence-electron chi connectivity index (χ3n) is 4.00.